The molecule has 3 atom stereocenters. The van der Waals surface area contributed by atoms with E-state index in [1.165, 1.54) is 0 Å². The molecule has 128 valence electrons. The minimum atomic E-state index is -0.0355. The Labute approximate surface area is 147 Å². The third-order valence-electron chi connectivity index (χ3n) is 5.23. The first-order valence-electron chi connectivity index (χ1n) is 8.82. The molecule has 4 rings (SSSR count). The molecule has 2 aromatic carbocycles. The molecule has 0 saturated carbocycles. The monoisotopic (exact) mass is 334 g/mol. The van der Waals surface area contributed by atoms with Gasteiger partial charge in [0, 0.05) is 29.3 Å². The first kappa shape index (κ1) is 15.8. The number of anilines is 1. The molecule has 2 aliphatic rings. The number of phenols is 1. The van der Waals surface area contributed by atoms with E-state index in [1.54, 1.807) is 6.07 Å². The van der Waals surface area contributed by atoms with E-state index in [2.05, 4.69) is 22.8 Å². The fourth-order valence-corrected chi connectivity index (χ4v) is 4.06. The van der Waals surface area contributed by atoms with Gasteiger partial charge in [-0.05, 0) is 49.1 Å². The Morgan fingerprint density at radius 1 is 1.24 bits per heavy atom. The van der Waals surface area contributed by atoms with Crippen LogP contribution < -0.4 is 10.6 Å². The molecule has 3 unspecified atom stereocenters. The number of allylic oxidation sites excluding steroid dienone is 2. The lowest BCUT2D eigenvalue weighted by molar-refractivity contribution is 0.0955. The molecule has 2 aromatic rings. The van der Waals surface area contributed by atoms with Crippen LogP contribution in [0.1, 0.15) is 46.8 Å². The molecule has 1 aliphatic heterocycles. The summed E-state index contributed by atoms with van der Waals surface area (Å²) >= 11 is 0. The fraction of sp³-hybridized carbons (Fsp3) is 0.286. The molecule has 4 nitrogen and oxygen atoms in total. The molecule has 1 aliphatic carbocycles. The third kappa shape index (κ3) is 2.68. The molecule has 25 heavy (non-hydrogen) atoms. The topological polar surface area (TPSA) is 61.4 Å². The second-order valence-corrected chi connectivity index (χ2v) is 6.70. The van der Waals surface area contributed by atoms with E-state index in [4.69, 9.17) is 0 Å². The Morgan fingerprint density at radius 2 is 2.08 bits per heavy atom. The molecule has 0 saturated heterocycles. The number of phenolic OH excluding ortho intramolecular Hbond substituents is 1. The summed E-state index contributed by atoms with van der Waals surface area (Å²) in [5.74, 6) is 0.889. The second-order valence-electron chi connectivity index (χ2n) is 6.70. The van der Waals surface area contributed by atoms with Gasteiger partial charge in [-0.15, -0.1) is 0 Å². The summed E-state index contributed by atoms with van der Waals surface area (Å²) < 4.78 is 0. The van der Waals surface area contributed by atoms with Crippen molar-refractivity contribution in [3.05, 3.63) is 71.3 Å². The highest BCUT2D eigenvalue weighted by molar-refractivity contribution is 5.95. The van der Waals surface area contributed by atoms with Crippen molar-refractivity contribution in [2.24, 2.45) is 5.92 Å². The molecule has 1 amide bonds. The number of fused-ring (bicyclic) bond motifs is 3. The molecular weight excluding hydrogens is 312 g/mol. The van der Waals surface area contributed by atoms with Gasteiger partial charge in [-0.25, -0.2) is 0 Å². The number of aromatic hydroxyl groups is 1. The van der Waals surface area contributed by atoms with Crippen molar-refractivity contribution in [3.8, 4) is 5.75 Å². The number of nitrogens with one attached hydrogen (secondary N) is 2. The van der Waals surface area contributed by atoms with Gasteiger partial charge >= 0.3 is 0 Å². The number of hydrogen-bond acceptors (Lipinski definition) is 3. The van der Waals surface area contributed by atoms with Gasteiger partial charge in [0.15, 0.2) is 0 Å². The zero-order chi connectivity index (χ0) is 17.4. The third-order valence-corrected chi connectivity index (χ3v) is 5.23. The van der Waals surface area contributed by atoms with Crippen LogP contribution in [0.5, 0.6) is 5.75 Å². The van der Waals surface area contributed by atoms with Crippen molar-refractivity contribution < 1.29 is 9.90 Å². The molecule has 0 spiro atoms. The van der Waals surface area contributed by atoms with Crippen molar-refractivity contribution in [2.75, 3.05) is 11.9 Å². The number of carbonyl (C=O) groups excluding carboxylic acids is 1. The quantitative estimate of drug-likeness (QED) is 0.744. The summed E-state index contributed by atoms with van der Waals surface area (Å²) in [6, 6.07) is 13.4. The minimum absolute atomic E-state index is 0.0355. The average molecular weight is 334 g/mol. The lowest BCUT2D eigenvalue weighted by Crippen LogP contribution is -2.30. The summed E-state index contributed by atoms with van der Waals surface area (Å²) in [5.41, 5.74) is 3.82. The van der Waals surface area contributed by atoms with Gasteiger partial charge < -0.3 is 15.7 Å². The SMILES string of the molecule is CCNC(=O)c1ccc2c(c1)C1C=CCC1C(c1ccccc1O)N2. The Morgan fingerprint density at radius 3 is 2.88 bits per heavy atom. The number of hydrogen-bond donors (Lipinski definition) is 3. The van der Waals surface area contributed by atoms with Crippen LogP contribution in [0.4, 0.5) is 5.69 Å². The van der Waals surface area contributed by atoms with Crippen LogP contribution in [0.25, 0.3) is 0 Å². The van der Waals surface area contributed by atoms with Crippen LogP contribution in [-0.2, 0) is 0 Å². The van der Waals surface area contributed by atoms with Crippen LogP contribution in [-0.4, -0.2) is 17.6 Å². The van der Waals surface area contributed by atoms with Crippen molar-refractivity contribution in [1.82, 2.24) is 5.32 Å². The first-order valence-corrected chi connectivity index (χ1v) is 8.82. The van der Waals surface area contributed by atoms with Crippen LogP contribution in [0.2, 0.25) is 0 Å². The van der Waals surface area contributed by atoms with Gasteiger partial charge in [-0.2, -0.15) is 0 Å². The van der Waals surface area contributed by atoms with Gasteiger partial charge in [0.05, 0.1) is 6.04 Å². The molecule has 0 bridgehead atoms. The van der Waals surface area contributed by atoms with Crippen molar-refractivity contribution in [2.45, 2.75) is 25.3 Å². The Bertz CT molecular complexity index is 844. The van der Waals surface area contributed by atoms with E-state index in [0.29, 0.717) is 23.8 Å². The lowest BCUT2D eigenvalue weighted by Gasteiger charge is -2.37. The zero-order valence-corrected chi connectivity index (χ0v) is 14.2. The van der Waals surface area contributed by atoms with Crippen LogP contribution in [0.3, 0.4) is 0 Å². The maximum absolute atomic E-state index is 12.2. The van der Waals surface area contributed by atoms with E-state index in [9.17, 15) is 9.90 Å². The fourth-order valence-electron chi connectivity index (χ4n) is 4.06. The largest absolute Gasteiger partial charge is 0.508 e. The summed E-state index contributed by atoms with van der Waals surface area (Å²) in [7, 11) is 0. The molecule has 0 aromatic heterocycles. The smallest absolute Gasteiger partial charge is 0.251 e. The number of para-hydroxylation sites is 1. The van der Waals surface area contributed by atoms with Crippen LogP contribution >= 0.6 is 0 Å². The van der Waals surface area contributed by atoms with Gasteiger partial charge in [-0.1, -0.05) is 30.4 Å². The maximum atomic E-state index is 12.2. The lowest BCUT2D eigenvalue weighted by atomic mass is 9.76. The minimum Gasteiger partial charge on any atom is -0.508 e. The average Bonchev–Trinajstić information content (AvgIpc) is 3.11. The normalized spacial score (nSPS) is 23.5. The highest BCUT2D eigenvalue weighted by Crippen LogP contribution is 2.51. The summed E-state index contributed by atoms with van der Waals surface area (Å²) in [5, 5.41) is 16.7. The number of amides is 1. The summed E-state index contributed by atoms with van der Waals surface area (Å²) in [4.78, 5) is 12.2. The maximum Gasteiger partial charge on any atom is 0.251 e. The predicted molar refractivity (Wildman–Crippen MR) is 98.9 cm³/mol. The standard InChI is InChI=1S/C21H22N2O2/c1-2-22-21(25)13-10-11-18-17(12-13)14-7-5-8-15(14)20(23-18)16-6-3-4-9-19(16)24/h3-7,9-12,14-15,20,23-24H,2,8H2,1H3,(H,22,25). The van der Waals surface area contributed by atoms with Crippen molar-refractivity contribution in [1.29, 1.82) is 0 Å². The van der Waals surface area contributed by atoms with E-state index < -0.39 is 0 Å². The molecule has 1 heterocycles. The summed E-state index contributed by atoms with van der Waals surface area (Å²) in [6.45, 7) is 2.54. The predicted octanol–water partition coefficient (Wildman–Crippen LogP) is 3.97. The Balaban J connectivity index is 1.74. The highest BCUT2D eigenvalue weighted by atomic mass is 16.3. The van der Waals surface area contributed by atoms with E-state index >= 15 is 0 Å². The van der Waals surface area contributed by atoms with E-state index in [1.807, 2.05) is 43.3 Å². The zero-order valence-electron chi connectivity index (χ0n) is 14.2. The van der Waals surface area contributed by atoms with Gasteiger partial charge in [0.25, 0.3) is 5.91 Å². The number of rotatable bonds is 3. The Kier molecular flexibility index (Phi) is 3.96. The molecular formula is C21H22N2O2. The van der Waals surface area contributed by atoms with Gasteiger partial charge in [0.1, 0.15) is 5.75 Å². The highest BCUT2D eigenvalue weighted by Gasteiger charge is 2.38. The van der Waals surface area contributed by atoms with Gasteiger partial charge in [0.2, 0.25) is 0 Å². The van der Waals surface area contributed by atoms with Crippen LogP contribution in [0.15, 0.2) is 54.6 Å². The van der Waals surface area contributed by atoms with Crippen molar-refractivity contribution in [3.63, 3.8) is 0 Å². The Hall–Kier alpha value is -2.75. The van der Waals surface area contributed by atoms with E-state index in [0.717, 1.165) is 23.2 Å². The molecule has 0 radical (unpaired) electrons. The van der Waals surface area contributed by atoms with Gasteiger partial charge in [-0.3, -0.25) is 4.79 Å². The molecule has 4 heteroatoms. The second kappa shape index (κ2) is 6.28. The van der Waals surface area contributed by atoms with Crippen LogP contribution in [0, 0.1) is 5.92 Å². The van der Waals surface area contributed by atoms with E-state index in [-0.39, 0.29) is 17.9 Å². The first-order chi connectivity index (χ1) is 12.2. The number of benzene rings is 2. The molecule has 3 N–H and O–H groups in total. The van der Waals surface area contributed by atoms with Crippen molar-refractivity contribution >= 4 is 11.6 Å². The summed E-state index contributed by atoms with van der Waals surface area (Å²) in [6.07, 6.45) is 5.40. The molecule has 0 fully saturated rings. The number of carbonyl (C=O) groups is 1.